The highest BCUT2D eigenvalue weighted by atomic mass is 16.5. The first-order valence-electron chi connectivity index (χ1n) is 4.49. The first-order chi connectivity index (χ1) is 6.49. The van der Waals surface area contributed by atoms with E-state index in [1.165, 1.54) is 0 Å². The Morgan fingerprint density at radius 2 is 2.00 bits per heavy atom. The van der Waals surface area contributed by atoms with E-state index < -0.39 is 0 Å². The van der Waals surface area contributed by atoms with Gasteiger partial charge in [0.15, 0.2) is 6.29 Å². The molecule has 76 valence electrons. The lowest BCUT2D eigenvalue weighted by Gasteiger charge is -2.20. The number of aldehydes is 1. The lowest BCUT2D eigenvalue weighted by atomic mass is 9.87. The SMILES string of the molecule is COc1nc(C=O)ccc1C(C)(C)C. The molecule has 14 heavy (non-hydrogen) atoms. The molecule has 0 bridgehead atoms. The van der Waals surface area contributed by atoms with E-state index in [0.29, 0.717) is 11.6 Å². The summed E-state index contributed by atoms with van der Waals surface area (Å²) in [6.45, 7) is 6.23. The molecule has 0 atom stereocenters. The second-order valence-corrected chi connectivity index (χ2v) is 4.16. The molecule has 0 aliphatic heterocycles. The third kappa shape index (κ3) is 2.10. The van der Waals surface area contributed by atoms with E-state index in [1.807, 2.05) is 6.07 Å². The van der Waals surface area contributed by atoms with Gasteiger partial charge in [0.05, 0.1) is 7.11 Å². The van der Waals surface area contributed by atoms with Crippen LogP contribution in [-0.4, -0.2) is 18.4 Å². The number of methoxy groups -OCH3 is 1. The molecular weight excluding hydrogens is 178 g/mol. The molecule has 1 heterocycles. The molecule has 0 aliphatic carbocycles. The van der Waals surface area contributed by atoms with Crippen molar-refractivity contribution in [2.24, 2.45) is 0 Å². The minimum Gasteiger partial charge on any atom is -0.481 e. The van der Waals surface area contributed by atoms with E-state index >= 15 is 0 Å². The Bertz CT molecular complexity index is 340. The fraction of sp³-hybridized carbons (Fsp3) is 0.455. The molecule has 0 radical (unpaired) electrons. The fourth-order valence-corrected chi connectivity index (χ4v) is 1.25. The van der Waals surface area contributed by atoms with Gasteiger partial charge in [0, 0.05) is 5.56 Å². The minimum atomic E-state index is -0.0280. The molecule has 3 nitrogen and oxygen atoms in total. The van der Waals surface area contributed by atoms with Crippen molar-refractivity contribution in [2.45, 2.75) is 26.2 Å². The molecule has 0 N–H and O–H groups in total. The normalized spacial score (nSPS) is 11.1. The summed E-state index contributed by atoms with van der Waals surface area (Å²) >= 11 is 0. The zero-order valence-electron chi connectivity index (χ0n) is 9.00. The summed E-state index contributed by atoms with van der Waals surface area (Å²) in [6.07, 6.45) is 0.717. The highest BCUT2D eigenvalue weighted by Gasteiger charge is 2.19. The zero-order chi connectivity index (χ0) is 10.8. The van der Waals surface area contributed by atoms with Crippen molar-refractivity contribution in [1.82, 2.24) is 4.98 Å². The van der Waals surface area contributed by atoms with Crippen molar-refractivity contribution in [3.05, 3.63) is 23.4 Å². The maximum atomic E-state index is 10.5. The number of ether oxygens (including phenoxy) is 1. The van der Waals surface area contributed by atoms with Crippen LogP contribution in [0, 0.1) is 0 Å². The van der Waals surface area contributed by atoms with E-state index in [2.05, 4.69) is 25.8 Å². The molecule has 0 aromatic carbocycles. The Kier molecular flexibility index (Phi) is 2.89. The summed E-state index contributed by atoms with van der Waals surface area (Å²) in [5, 5.41) is 0. The van der Waals surface area contributed by atoms with Crippen LogP contribution >= 0.6 is 0 Å². The zero-order valence-corrected chi connectivity index (χ0v) is 9.00. The monoisotopic (exact) mass is 193 g/mol. The van der Waals surface area contributed by atoms with E-state index in [9.17, 15) is 4.79 Å². The van der Waals surface area contributed by atoms with Crippen molar-refractivity contribution in [3.63, 3.8) is 0 Å². The maximum absolute atomic E-state index is 10.5. The van der Waals surface area contributed by atoms with Crippen molar-refractivity contribution in [3.8, 4) is 5.88 Å². The fourth-order valence-electron chi connectivity index (χ4n) is 1.25. The number of hydrogen-bond donors (Lipinski definition) is 0. The Hall–Kier alpha value is -1.38. The van der Waals surface area contributed by atoms with E-state index in [1.54, 1.807) is 13.2 Å². The summed E-state index contributed by atoms with van der Waals surface area (Å²) in [4.78, 5) is 14.6. The lowest BCUT2D eigenvalue weighted by Crippen LogP contribution is -2.14. The van der Waals surface area contributed by atoms with Crippen LogP contribution in [0.5, 0.6) is 5.88 Å². The molecule has 0 aliphatic rings. The van der Waals surface area contributed by atoms with Crippen LogP contribution in [-0.2, 0) is 5.41 Å². The smallest absolute Gasteiger partial charge is 0.217 e. The first kappa shape index (κ1) is 10.7. The van der Waals surface area contributed by atoms with Gasteiger partial charge in [0.25, 0.3) is 0 Å². The van der Waals surface area contributed by atoms with Crippen molar-refractivity contribution in [1.29, 1.82) is 0 Å². The van der Waals surface area contributed by atoms with Crippen molar-refractivity contribution < 1.29 is 9.53 Å². The molecular formula is C11H15NO2. The number of carbonyl (C=O) groups is 1. The molecule has 0 saturated heterocycles. The van der Waals surface area contributed by atoms with Crippen molar-refractivity contribution in [2.75, 3.05) is 7.11 Å². The molecule has 1 aromatic heterocycles. The van der Waals surface area contributed by atoms with Gasteiger partial charge < -0.3 is 4.74 Å². The molecule has 0 spiro atoms. The van der Waals surface area contributed by atoms with Gasteiger partial charge in [0.2, 0.25) is 5.88 Å². The van der Waals surface area contributed by atoms with Gasteiger partial charge in [-0.15, -0.1) is 0 Å². The predicted molar refractivity (Wildman–Crippen MR) is 54.9 cm³/mol. The van der Waals surface area contributed by atoms with E-state index in [-0.39, 0.29) is 5.41 Å². The van der Waals surface area contributed by atoms with Gasteiger partial charge in [-0.05, 0) is 11.5 Å². The first-order valence-corrected chi connectivity index (χ1v) is 4.49. The molecule has 1 rings (SSSR count). The Labute approximate surface area is 84.1 Å². The van der Waals surface area contributed by atoms with Crippen LogP contribution in [0.25, 0.3) is 0 Å². The lowest BCUT2D eigenvalue weighted by molar-refractivity contribution is 0.111. The molecule has 0 saturated carbocycles. The molecule has 3 heteroatoms. The molecule has 0 unspecified atom stereocenters. The van der Waals surface area contributed by atoms with Crippen LogP contribution in [0.15, 0.2) is 12.1 Å². The van der Waals surface area contributed by atoms with Gasteiger partial charge in [-0.25, -0.2) is 4.98 Å². The second kappa shape index (κ2) is 3.78. The van der Waals surface area contributed by atoms with Crippen LogP contribution < -0.4 is 4.74 Å². The largest absolute Gasteiger partial charge is 0.481 e. The van der Waals surface area contributed by atoms with E-state index in [4.69, 9.17) is 4.74 Å². The molecule has 1 aromatic rings. The Balaban J connectivity index is 3.25. The number of rotatable bonds is 2. The highest BCUT2D eigenvalue weighted by Crippen LogP contribution is 2.29. The second-order valence-electron chi connectivity index (χ2n) is 4.16. The van der Waals surface area contributed by atoms with Crippen LogP contribution in [0.1, 0.15) is 36.8 Å². The quantitative estimate of drug-likeness (QED) is 0.676. The maximum Gasteiger partial charge on any atom is 0.217 e. The number of hydrogen-bond acceptors (Lipinski definition) is 3. The summed E-state index contributed by atoms with van der Waals surface area (Å²) in [5.74, 6) is 0.530. The number of aromatic nitrogens is 1. The molecule has 0 fully saturated rings. The van der Waals surface area contributed by atoms with Crippen molar-refractivity contribution >= 4 is 6.29 Å². The average molecular weight is 193 g/mol. The number of pyridine rings is 1. The summed E-state index contributed by atoms with van der Waals surface area (Å²) in [7, 11) is 1.56. The third-order valence-electron chi connectivity index (χ3n) is 2.00. The summed E-state index contributed by atoms with van der Waals surface area (Å²) < 4.78 is 5.14. The Morgan fingerprint density at radius 1 is 1.36 bits per heavy atom. The third-order valence-corrected chi connectivity index (χ3v) is 2.00. The topological polar surface area (TPSA) is 39.2 Å². The average Bonchev–Trinajstić information content (AvgIpc) is 2.15. The highest BCUT2D eigenvalue weighted by molar-refractivity contribution is 5.72. The summed E-state index contributed by atoms with van der Waals surface area (Å²) in [5.41, 5.74) is 1.38. The van der Waals surface area contributed by atoms with Crippen LogP contribution in [0.3, 0.4) is 0 Å². The number of carbonyl (C=O) groups excluding carboxylic acids is 1. The minimum absolute atomic E-state index is 0.0280. The van der Waals surface area contributed by atoms with Gasteiger partial charge in [-0.1, -0.05) is 26.8 Å². The van der Waals surface area contributed by atoms with Gasteiger partial charge in [0.1, 0.15) is 5.69 Å². The van der Waals surface area contributed by atoms with Crippen LogP contribution in [0.2, 0.25) is 0 Å². The van der Waals surface area contributed by atoms with E-state index in [0.717, 1.165) is 11.8 Å². The standard InChI is InChI=1S/C11H15NO2/c1-11(2,3)9-6-5-8(7-13)12-10(9)14-4/h5-7H,1-4H3. The Morgan fingerprint density at radius 3 is 2.43 bits per heavy atom. The van der Waals surface area contributed by atoms with Gasteiger partial charge in [-0.2, -0.15) is 0 Å². The molecule has 0 amide bonds. The van der Waals surface area contributed by atoms with Gasteiger partial charge >= 0.3 is 0 Å². The van der Waals surface area contributed by atoms with Crippen LogP contribution in [0.4, 0.5) is 0 Å². The predicted octanol–water partition coefficient (Wildman–Crippen LogP) is 2.20. The summed E-state index contributed by atoms with van der Waals surface area (Å²) in [6, 6.07) is 3.59. The number of nitrogens with zero attached hydrogens (tertiary/aromatic N) is 1. The van der Waals surface area contributed by atoms with Gasteiger partial charge in [-0.3, -0.25) is 4.79 Å².